The van der Waals surface area contributed by atoms with Gasteiger partial charge in [-0.1, -0.05) is 0 Å². The minimum atomic E-state index is 0.583. The molecule has 0 rings (SSSR count). The SMILES string of the molecule is [Li][C](C)(CC)CC. The molecule has 0 aromatic carbocycles. The molecule has 0 saturated heterocycles. The molecule has 0 aliphatic heterocycles. The standard InChI is InChI=1S/C6H13.Li/c1-4-6(3)5-2;/h4-5H2,1-3H3;. The van der Waals surface area contributed by atoms with Gasteiger partial charge in [-0.05, 0) is 0 Å². The monoisotopic (exact) mass is 92.1 g/mol. The van der Waals surface area contributed by atoms with Crippen LogP contribution < -0.4 is 0 Å². The summed E-state index contributed by atoms with van der Waals surface area (Å²) in [6.45, 7) is 6.78. The van der Waals surface area contributed by atoms with Gasteiger partial charge in [0, 0.05) is 0 Å². The van der Waals surface area contributed by atoms with Crippen molar-refractivity contribution in [2.24, 2.45) is 0 Å². The van der Waals surface area contributed by atoms with Gasteiger partial charge in [-0.2, -0.15) is 0 Å². The molecular weight excluding hydrogens is 79.0 g/mol. The predicted molar refractivity (Wildman–Crippen MR) is 34.7 cm³/mol. The van der Waals surface area contributed by atoms with Gasteiger partial charge in [0.15, 0.2) is 0 Å². The minimum absolute atomic E-state index is 0.583. The van der Waals surface area contributed by atoms with E-state index >= 15 is 0 Å². The summed E-state index contributed by atoms with van der Waals surface area (Å²) in [4.78, 5) is 0. The van der Waals surface area contributed by atoms with Crippen LogP contribution in [0.25, 0.3) is 0 Å². The normalized spacial score (nSPS) is 12.1. The van der Waals surface area contributed by atoms with Crippen molar-refractivity contribution in [1.82, 2.24) is 0 Å². The van der Waals surface area contributed by atoms with Crippen LogP contribution in [0.4, 0.5) is 0 Å². The van der Waals surface area contributed by atoms with Crippen molar-refractivity contribution in [2.45, 2.75) is 37.7 Å². The summed E-state index contributed by atoms with van der Waals surface area (Å²) in [5.74, 6) is 0. The zero-order valence-corrected chi connectivity index (χ0v) is 5.91. The van der Waals surface area contributed by atoms with Crippen LogP contribution in [0.3, 0.4) is 0 Å². The average Bonchev–Trinajstić information content (AvgIpc) is 1.68. The fourth-order valence-corrected chi connectivity index (χ4v) is 0.250. The topological polar surface area (TPSA) is 0 Å². The molecule has 0 saturated carbocycles. The molecule has 0 atom stereocenters. The van der Waals surface area contributed by atoms with Gasteiger partial charge in [0.25, 0.3) is 0 Å². The molecule has 0 nitrogen and oxygen atoms in total. The summed E-state index contributed by atoms with van der Waals surface area (Å²) < 4.78 is 0.583. The Bertz CT molecular complexity index is 42.1. The molecule has 0 bridgehead atoms. The van der Waals surface area contributed by atoms with E-state index in [-0.39, 0.29) is 0 Å². The first-order valence-corrected chi connectivity index (χ1v) is 3.12. The van der Waals surface area contributed by atoms with Crippen molar-refractivity contribution < 1.29 is 0 Å². The number of hydrogen-bond donors (Lipinski definition) is 0. The van der Waals surface area contributed by atoms with Crippen LogP contribution in [0.15, 0.2) is 0 Å². The first-order valence-electron chi connectivity index (χ1n) is 3.12. The van der Waals surface area contributed by atoms with Gasteiger partial charge in [-0.25, -0.2) is 0 Å². The van der Waals surface area contributed by atoms with Gasteiger partial charge in [0.1, 0.15) is 0 Å². The Labute approximate surface area is 55.9 Å². The summed E-state index contributed by atoms with van der Waals surface area (Å²) in [5.41, 5.74) is 0. The van der Waals surface area contributed by atoms with Gasteiger partial charge >= 0.3 is 55.4 Å². The van der Waals surface area contributed by atoms with E-state index in [1.54, 1.807) is 0 Å². The molecule has 0 radical (unpaired) electrons. The van der Waals surface area contributed by atoms with Gasteiger partial charge in [0.05, 0.1) is 0 Å². The van der Waals surface area contributed by atoms with Crippen LogP contribution in [0.2, 0.25) is 4.09 Å². The third-order valence-corrected chi connectivity index (χ3v) is 1.91. The maximum atomic E-state index is 2.30. The van der Waals surface area contributed by atoms with Crippen LogP contribution in [-0.2, 0) is 0 Å². The van der Waals surface area contributed by atoms with Gasteiger partial charge in [-0.15, -0.1) is 0 Å². The molecule has 0 aliphatic rings. The molecule has 0 spiro atoms. The van der Waals surface area contributed by atoms with Crippen LogP contribution >= 0.6 is 0 Å². The molecule has 0 aliphatic carbocycles. The first-order chi connectivity index (χ1) is 3.12. The van der Waals surface area contributed by atoms with Crippen molar-refractivity contribution in [3.05, 3.63) is 0 Å². The molecular formula is C6H13Li. The van der Waals surface area contributed by atoms with E-state index in [0.29, 0.717) is 4.09 Å². The molecule has 38 valence electrons. The summed E-state index contributed by atoms with van der Waals surface area (Å²) in [5, 5.41) is 0. The predicted octanol–water partition coefficient (Wildman–Crippen LogP) is 2.15. The molecule has 0 N–H and O–H groups in total. The van der Waals surface area contributed by atoms with E-state index in [2.05, 4.69) is 38.5 Å². The summed E-state index contributed by atoms with van der Waals surface area (Å²) in [7, 11) is 0. The van der Waals surface area contributed by atoms with Gasteiger partial charge in [0.2, 0.25) is 0 Å². The van der Waals surface area contributed by atoms with Crippen LogP contribution in [0.1, 0.15) is 33.6 Å². The van der Waals surface area contributed by atoms with E-state index in [1.165, 1.54) is 12.8 Å². The van der Waals surface area contributed by atoms with Crippen molar-refractivity contribution in [1.29, 1.82) is 0 Å². The second-order valence-corrected chi connectivity index (χ2v) is 2.87. The Kier molecular flexibility index (Phi) is 3.04. The summed E-state index contributed by atoms with van der Waals surface area (Å²) in [6.07, 6.45) is 2.59. The molecule has 0 heterocycles. The Balaban J connectivity index is 3.36. The van der Waals surface area contributed by atoms with Gasteiger partial charge in [-0.3, -0.25) is 0 Å². The van der Waals surface area contributed by atoms with E-state index in [4.69, 9.17) is 0 Å². The molecule has 0 amide bonds. The number of rotatable bonds is 2. The van der Waals surface area contributed by atoms with Crippen molar-refractivity contribution >= 4 is 17.7 Å². The molecule has 1 heteroatoms. The van der Waals surface area contributed by atoms with Crippen molar-refractivity contribution in [3.63, 3.8) is 0 Å². The molecule has 0 fully saturated rings. The Morgan fingerprint density at radius 3 is 1.57 bits per heavy atom. The molecule has 0 unspecified atom stereocenters. The molecule has 0 aromatic heterocycles. The van der Waals surface area contributed by atoms with E-state index in [1.807, 2.05) is 0 Å². The van der Waals surface area contributed by atoms with Crippen LogP contribution in [0, 0.1) is 0 Å². The molecule has 7 heavy (non-hydrogen) atoms. The van der Waals surface area contributed by atoms with Crippen molar-refractivity contribution in [2.75, 3.05) is 0 Å². The number of hydrogen-bond acceptors (Lipinski definition) is 0. The maximum absolute atomic E-state index is 2.30. The summed E-state index contributed by atoms with van der Waals surface area (Å²) >= 11 is 2.30. The van der Waals surface area contributed by atoms with E-state index in [0.717, 1.165) is 0 Å². The zero-order chi connectivity index (χ0) is 5.91. The quantitative estimate of drug-likeness (QED) is 0.458. The fraction of sp³-hybridized carbons (Fsp3) is 1.00. The third-order valence-electron chi connectivity index (χ3n) is 1.91. The van der Waals surface area contributed by atoms with E-state index < -0.39 is 0 Å². The fourth-order valence-electron chi connectivity index (χ4n) is 0.250. The van der Waals surface area contributed by atoms with E-state index in [9.17, 15) is 0 Å². The summed E-state index contributed by atoms with van der Waals surface area (Å²) in [6, 6.07) is 0. The Hall–Kier alpha value is 0.597. The first kappa shape index (κ1) is 7.60. The van der Waals surface area contributed by atoms with Crippen LogP contribution in [0.5, 0.6) is 0 Å². The van der Waals surface area contributed by atoms with Gasteiger partial charge < -0.3 is 0 Å². The molecule has 0 aromatic rings. The Morgan fingerprint density at radius 2 is 1.57 bits per heavy atom. The van der Waals surface area contributed by atoms with Crippen molar-refractivity contribution in [3.8, 4) is 0 Å². The second-order valence-electron chi connectivity index (χ2n) is 2.87. The zero-order valence-electron chi connectivity index (χ0n) is 5.91. The average molecular weight is 92.1 g/mol. The second kappa shape index (κ2) is 2.80. The Morgan fingerprint density at radius 1 is 1.29 bits per heavy atom. The van der Waals surface area contributed by atoms with Crippen LogP contribution in [-0.4, -0.2) is 17.7 Å². The third kappa shape index (κ3) is 3.20.